The number of hydrogen-bond acceptors (Lipinski definition) is 6. The fourth-order valence-electron chi connectivity index (χ4n) is 3.07. The molecule has 0 bridgehead atoms. The lowest BCUT2D eigenvalue weighted by molar-refractivity contribution is -0.119. The number of nitrogens with one attached hydrogen (secondary N) is 2. The largest absolute Gasteiger partial charge is 0.442 e. The number of carbonyl (C=O) groups is 2. The topological polar surface area (TPSA) is 96.7 Å². The summed E-state index contributed by atoms with van der Waals surface area (Å²) < 4.78 is 23.2. The first-order valence-electron chi connectivity index (χ1n) is 9.64. The second kappa shape index (κ2) is 10.4. The summed E-state index contributed by atoms with van der Waals surface area (Å²) in [4.78, 5) is 24.5. The smallest absolute Gasteiger partial charge is 0.414 e. The van der Waals surface area contributed by atoms with Gasteiger partial charge in [-0.3, -0.25) is 14.4 Å². The molecule has 7 nitrogen and oxygen atoms in total. The van der Waals surface area contributed by atoms with Gasteiger partial charge in [-0.1, -0.05) is 36.2 Å². The van der Waals surface area contributed by atoms with E-state index in [1.54, 1.807) is 24.1 Å². The van der Waals surface area contributed by atoms with Gasteiger partial charge in [0.05, 0.1) is 18.8 Å². The Morgan fingerprint density at radius 2 is 2.07 bits per heavy atom. The van der Waals surface area contributed by atoms with Gasteiger partial charge in [0.2, 0.25) is 5.91 Å². The highest BCUT2D eigenvalue weighted by Gasteiger charge is 2.32. The number of nitrogens with zero attached hydrogens (tertiary/aromatic N) is 1. The second-order valence-electron chi connectivity index (χ2n) is 6.87. The van der Waals surface area contributed by atoms with Crippen molar-refractivity contribution in [2.24, 2.45) is 5.73 Å². The first-order valence-corrected chi connectivity index (χ1v) is 10.6. The zero-order valence-corrected chi connectivity index (χ0v) is 17.5. The van der Waals surface area contributed by atoms with E-state index in [0.717, 1.165) is 16.9 Å². The molecular weight excluding hydrogens is 407 g/mol. The van der Waals surface area contributed by atoms with E-state index < -0.39 is 18.0 Å². The van der Waals surface area contributed by atoms with E-state index in [0.29, 0.717) is 24.3 Å². The molecule has 0 saturated carbocycles. The van der Waals surface area contributed by atoms with Crippen LogP contribution in [0.15, 0.2) is 42.5 Å². The minimum Gasteiger partial charge on any atom is -0.442 e. The minimum absolute atomic E-state index is 0.198. The fourth-order valence-corrected chi connectivity index (χ4v) is 3.60. The van der Waals surface area contributed by atoms with Crippen LogP contribution in [0.3, 0.4) is 0 Å². The SMILES string of the molecule is CC(=O)NCC1CN(c2ccc(-c3ccc(CNSCCN)cc3)c(F)c2)C(=O)O1. The van der Waals surface area contributed by atoms with Crippen molar-refractivity contribution in [2.75, 3.05) is 30.3 Å². The van der Waals surface area contributed by atoms with Gasteiger partial charge in [0.25, 0.3) is 0 Å². The lowest BCUT2D eigenvalue weighted by Crippen LogP contribution is -2.33. The molecule has 1 atom stereocenters. The van der Waals surface area contributed by atoms with Crippen molar-refractivity contribution in [3.05, 3.63) is 53.8 Å². The molecule has 160 valence electrons. The van der Waals surface area contributed by atoms with Gasteiger partial charge in [0.1, 0.15) is 11.9 Å². The van der Waals surface area contributed by atoms with Gasteiger partial charge in [-0.2, -0.15) is 0 Å². The molecule has 1 saturated heterocycles. The highest BCUT2D eigenvalue weighted by atomic mass is 32.2. The number of amides is 2. The predicted molar refractivity (Wildman–Crippen MR) is 116 cm³/mol. The molecule has 4 N–H and O–H groups in total. The molecule has 1 heterocycles. The molecule has 2 aromatic carbocycles. The summed E-state index contributed by atoms with van der Waals surface area (Å²) in [6.07, 6.45) is -1.02. The third kappa shape index (κ3) is 5.71. The Bertz CT molecular complexity index is 894. The number of rotatable bonds is 9. The zero-order valence-electron chi connectivity index (χ0n) is 16.7. The van der Waals surface area contributed by atoms with Crippen LogP contribution in [0.2, 0.25) is 0 Å². The third-order valence-corrected chi connectivity index (χ3v) is 5.37. The molecule has 9 heteroatoms. The van der Waals surface area contributed by atoms with Crippen molar-refractivity contribution < 1.29 is 18.7 Å². The van der Waals surface area contributed by atoms with Crippen LogP contribution in [-0.4, -0.2) is 43.5 Å². The summed E-state index contributed by atoms with van der Waals surface area (Å²) in [6.45, 7) is 3.19. The second-order valence-corrected chi connectivity index (χ2v) is 7.86. The number of nitrogens with two attached hydrogens (primary N) is 1. The Morgan fingerprint density at radius 1 is 1.30 bits per heavy atom. The summed E-state index contributed by atoms with van der Waals surface area (Å²) in [5.74, 6) is 0.222. The summed E-state index contributed by atoms with van der Waals surface area (Å²) in [6, 6.07) is 12.3. The Kier molecular flexibility index (Phi) is 7.67. The van der Waals surface area contributed by atoms with Crippen LogP contribution in [0, 0.1) is 5.82 Å². The van der Waals surface area contributed by atoms with Crippen molar-refractivity contribution in [2.45, 2.75) is 19.6 Å². The maximum absolute atomic E-state index is 14.8. The molecule has 2 aromatic rings. The third-order valence-electron chi connectivity index (χ3n) is 4.58. The van der Waals surface area contributed by atoms with E-state index in [1.807, 2.05) is 24.3 Å². The molecule has 0 spiro atoms. The number of halogens is 1. The Labute approximate surface area is 179 Å². The molecular formula is C21H25FN4O3S. The van der Waals surface area contributed by atoms with Crippen LogP contribution in [0.5, 0.6) is 0 Å². The molecule has 2 amide bonds. The number of carbonyl (C=O) groups excluding carboxylic acids is 2. The quantitative estimate of drug-likeness (QED) is 0.416. The van der Waals surface area contributed by atoms with E-state index in [4.69, 9.17) is 10.5 Å². The maximum Gasteiger partial charge on any atom is 0.414 e. The van der Waals surface area contributed by atoms with Gasteiger partial charge < -0.3 is 15.8 Å². The van der Waals surface area contributed by atoms with Gasteiger partial charge >= 0.3 is 6.09 Å². The molecule has 3 rings (SSSR count). The number of cyclic esters (lactones) is 1. The van der Waals surface area contributed by atoms with Gasteiger partial charge in [-0.15, -0.1) is 0 Å². The van der Waals surface area contributed by atoms with Gasteiger partial charge in [0.15, 0.2) is 0 Å². The van der Waals surface area contributed by atoms with Crippen molar-refractivity contribution in [1.29, 1.82) is 0 Å². The number of benzene rings is 2. The number of ether oxygens (including phenoxy) is 1. The van der Waals surface area contributed by atoms with Crippen LogP contribution in [0.25, 0.3) is 11.1 Å². The molecule has 0 aliphatic carbocycles. The summed E-state index contributed by atoms with van der Waals surface area (Å²) in [5, 5.41) is 2.62. The van der Waals surface area contributed by atoms with Crippen LogP contribution in [0.1, 0.15) is 12.5 Å². The van der Waals surface area contributed by atoms with Crippen molar-refractivity contribution in [1.82, 2.24) is 10.0 Å². The number of anilines is 1. The molecule has 0 aromatic heterocycles. The average Bonchev–Trinajstić information content (AvgIpc) is 3.11. The van der Waals surface area contributed by atoms with Crippen molar-refractivity contribution >= 4 is 29.6 Å². The Morgan fingerprint density at radius 3 is 2.73 bits per heavy atom. The molecule has 30 heavy (non-hydrogen) atoms. The van der Waals surface area contributed by atoms with E-state index in [2.05, 4.69) is 10.0 Å². The molecule has 1 fully saturated rings. The molecule has 1 aliphatic rings. The average molecular weight is 433 g/mol. The highest BCUT2D eigenvalue weighted by Crippen LogP contribution is 2.29. The van der Waals surface area contributed by atoms with Gasteiger partial charge in [-0.05, 0) is 29.3 Å². The van der Waals surface area contributed by atoms with Crippen LogP contribution >= 0.6 is 11.9 Å². The summed E-state index contributed by atoms with van der Waals surface area (Å²) >= 11 is 1.57. The fraction of sp³-hybridized carbons (Fsp3) is 0.333. The van der Waals surface area contributed by atoms with Crippen LogP contribution < -0.4 is 20.7 Å². The van der Waals surface area contributed by atoms with E-state index in [1.165, 1.54) is 17.9 Å². The normalized spacial score (nSPS) is 15.9. The van der Waals surface area contributed by atoms with E-state index in [-0.39, 0.29) is 19.0 Å². The monoisotopic (exact) mass is 432 g/mol. The minimum atomic E-state index is -0.554. The highest BCUT2D eigenvalue weighted by molar-refractivity contribution is 7.97. The maximum atomic E-state index is 14.8. The first-order chi connectivity index (χ1) is 14.5. The Hall–Kier alpha value is -2.62. The van der Waals surface area contributed by atoms with Gasteiger partial charge in [0, 0.05) is 31.3 Å². The van der Waals surface area contributed by atoms with E-state index in [9.17, 15) is 14.0 Å². The molecule has 0 radical (unpaired) electrons. The molecule has 1 unspecified atom stereocenters. The lowest BCUT2D eigenvalue weighted by atomic mass is 10.0. The summed E-state index contributed by atoms with van der Waals surface area (Å²) in [7, 11) is 0. The van der Waals surface area contributed by atoms with E-state index >= 15 is 0 Å². The molecule has 1 aliphatic heterocycles. The summed E-state index contributed by atoms with van der Waals surface area (Å²) in [5.41, 5.74) is 8.18. The van der Waals surface area contributed by atoms with Gasteiger partial charge in [-0.25, -0.2) is 9.18 Å². The van der Waals surface area contributed by atoms with Crippen molar-refractivity contribution in [3.63, 3.8) is 0 Å². The standard InChI is InChI=1S/C21H25FN4O3S/c1-14(27)24-12-18-13-26(21(28)29-18)17-6-7-19(20(22)10-17)16-4-2-15(3-5-16)11-25-30-9-8-23/h2-7,10,18,25H,8-9,11-13,23H2,1H3,(H,24,27). The lowest BCUT2D eigenvalue weighted by Gasteiger charge is -2.15. The zero-order chi connectivity index (χ0) is 21.5. The van der Waals surface area contributed by atoms with Crippen LogP contribution in [0.4, 0.5) is 14.9 Å². The van der Waals surface area contributed by atoms with Crippen molar-refractivity contribution in [3.8, 4) is 11.1 Å². The first kappa shape index (κ1) is 22.1. The Balaban J connectivity index is 1.65. The van der Waals surface area contributed by atoms with Crippen LogP contribution in [-0.2, 0) is 16.1 Å². The number of hydrogen-bond donors (Lipinski definition) is 3. The predicted octanol–water partition coefficient (Wildman–Crippen LogP) is 2.65.